The van der Waals surface area contributed by atoms with E-state index in [9.17, 15) is 10.2 Å². The van der Waals surface area contributed by atoms with Crippen LogP contribution in [-0.2, 0) is 4.74 Å². The first-order chi connectivity index (χ1) is 12.4. The molecule has 0 aromatic rings. The number of fused-ring (bicyclic) bond motifs is 2. The normalized spacial score (nSPS) is 69.5. The molecule has 9 fully saturated rings. The first kappa shape index (κ1) is 15.5. The standard InChI is InChI=1S/C22H31NO3/c1-4-23-17-12-7-14-20(3)6-5-16(26-19(20)23)22(14,17)15-8-13(24)11-9-21(12,15)18(25)10(11)2/h11-19,24-25H,2,4-9H2,1,3H3/t11-,12+,13+,14-,15-,16-,17?,18-,19-,20-,21+,22+/m1/s1. The van der Waals surface area contributed by atoms with Crippen molar-refractivity contribution >= 4 is 0 Å². The van der Waals surface area contributed by atoms with Gasteiger partial charge in [0.2, 0.25) is 0 Å². The number of piperidine rings is 1. The lowest BCUT2D eigenvalue weighted by Crippen LogP contribution is -2.78. The van der Waals surface area contributed by atoms with E-state index < -0.39 is 6.10 Å². The molecule has 0 aromatic carbocycles. The smallest absolute Gasteiger partial charge is 0.116 e. The zero-order valence-electron chi connectivity index (χ0n) is 15.9. The summed E-state index contributed by atoms with van der Waals surface area (Å²) < 4.78 is 6.78. The molecule has 5 aliphatic carbocycles. The van der Waals surface area contributed by atoms with Gasteiger partial charge in [0.05, 0.1) is 18.3 Å². The third-order valence-electron chi connectivity index (χ3n) is 11.0. The van der Waals surface area contributed by atoms with Gasteiger partial charge in [0, 0.05) is 28.2 Å². The molecular weight excluding hydrogens is 326 g/mol. The number of hydrogen-bond donors (Lipinski definition) is 2. The minimum absolute atomic E-state index is 0.0470. The molecule has 4 saturated heterocycles. The summed E-state index contributed by atoms with van der Waals surface area (Å²) in [5.74, 6) is 1.77. The lowest BCUT2D eigenvalue weighted by molar-refractivity contribution is -0.372. The van der Waals surface area contributed by atoms with Gasteiger partial charge in [-0.25, -0.2) is 0 Å². The molecule has 5 saturated carbocycles. The van der Waals surface area contributed by atoms with Gasteiger partial charge in [0.25, 0.3) is 0 Å². The highest BCUT2D eigenvalue weighted by Crippen LogP contribution is 2.86. The van der Waals surface area contributed by atoms with E-state index in [1.807, 2.05) is 0 Å². The quantitative estimate of drug-likeness (QED) is 0.706. The molecule has 9 aliphatic rings. The van der Waals surface area contributed by atoms with Crippen molar-refractivity contribution in [1.29, 1.82) is 0 Å². The van der Waals surface area contributed by atoms with Gasteiger partial charge in [-0.1, -0.05) is 20.4 Å². The molecule has 4 nitrogen and oxygen atoms in total. The van der Waals surface area contributed by atoms with Crippen LogP contribution in [0.25, 0.3) is 0 Å². The van der Waals surface area contributed by atoms with Gasteiger partial charge in [0.15, 0.2) is 0 Å². The Hall–Kier alpha value is -0.420. The van der Waals surface area contributed by atoms with E-state index in [2.05, 4.69) is 25.3 Å². The van der Waals surface area contributed by atoms with E-state index in [0.717, 1.165) is 25.0 Å². The van der Waals surface area contributed by atoms with Crippen LogP contribution in [0, 0.1) is 39.9 Å². The van der Waals surface area contributed by atoms with Gasteiger partial charge in [-0.05, 0) is 62.0 Å². The van der Waals surface area contributed by atoms with E-state index in [0.29, 0.717) is 29.9 Å². The maximum atomic E-state index is 11.4. The lowest BCUT2D eigenvalue weighted by atomic mass is 9.41. The van der Waals surface area contributed by atoms with Gasteiger partial charge in [-0.2, -0.15) is 0 Å². The Morgan fingerprint density at radius 1 is 1.27 bits per heavy atom. The summed E-state index contributed by atoms with van der Waals surface area (Å²) >= 11 is 0. The lowest BCUT2D eigenvalue weighted by Gasteiger charge is -2.73. The molecule has 9 bridgehead atoms. The Kier molecular flexibility index (Phi) is 2.46. The molecule has 142 valence electrons. The van der Waals surface area contributed by atoms with E-state index in [1.165, 1.54) is 19.3 Å². The highest BCUT2D eigenvalue weighted by molar-refractivity contribution is 5.40. The van der Waals surface area contributed by atoms with Gasteiger partial charge in [-0.15, -0.1) is 0 Å². The molecular formula is C22H31NO3. The molecule has 0 amide bonds. The van der Waals surface area contributed by atoms with Crippen LogP contribution in [0.1, 0.15) is 46.0 Å². The largest absolute Gasteiger partial charge is 0.392 e. The first-order valence-electron chi connectivity index (χ1n) is 10.9. The zero-order valence-corrected chi connectivity index (χ0v) is 15.9. The summed E-state index contributed by atoms with van der Waals surface area (Å²) in [5.41, 5.74) is 1.28. The molecule has 2 spiro atoms. The van der Waals surface area contributed by atoms with E-state index in [1.54, 1.807) is 0 Å². The number of aliphatic hydroxyl groups is 2. The van der Waals surface area contributed by atoms with Crippen molar-refractivity contribution in [3.8, 4) is 0 Å². The van der Waals surface area contributed by atoms with Gasteiger partial charge in [-0.3, -0.25) is 4.90 Å². The Balaban J connectivity index is 1.51. The first-order valence-corrected chi connectivity index (χ1v) is 10.9. The van der Waals surface area contributed by atoms with Crippen LogP contribution >= 0.6 is 0 Å². The Bertz CT molecular complexity index is 739. The molecule has 12 atom stereocenters. The van der Waals surface area contributed by atoms with Crippen molar-refractivity contribution < 1.29 is 14.9 Å². The summed E-state index contributed by atoms with van der Waals surface area (Å²) in [5, 5.41) is 22.4. The van der Waals surface area contributed by atoms with Crippen LogP contribution in [0.2, 0.25) is 0 Å². The minimum Gasteiger partial charge on any atom is -0.392 e. The molecule has 1 unspecified atom stereocenters. The van der Waals surface area contributed by atoms with Gasteiger partial charge >= 0.3 is 0 Å². The second kappa shape index (κ2) is 4.12. The third-order valence-corrected chi connectivity index (χ3v) is 11.0. The van der Waals surface area contributed by atoms with Crippen molar-refractivity contribution in [3.05, 3.63) is 12.2 Å². The predicted octanol–water partition coefficient (Wildman–Crippen LogP) is 2.16. The zero-order chi connectivity index (χ0) is 17.8. The average molecular weight is 357 g/mol. The number of rotatable bonds is 1. The summed E-state index contributed by atoms with van der Waals surface area (Å²) in [6, 6.07) is 0.547. The topological polar surface area (TPSA) is 52.9 Å². The fraction of sp³-hybridized carbons (Fsp3) is 0.909. The monoisotopic (exact) mass is 357 g/mol. The fourth-order valence-corrected chi connectivity index (χ4v) is 10.5. The van der Waals surface area contributed by atoms with Crippen molar-refractivity contribution in [3.63, 3.8) is 0 Å². The second-order valence-corrected chi connectivity index (χ2v) is 10.9. The van der Waals surface area contributed by atoms with Gasteiger partial charge < -0.3 is 14.9 Å². The van der Waals surface area contributed by atoms with Crippen LogP contribution in [0.3, 0.4) is 0 Å². The maximum absolute atomic E-state index is 11.4. The third kappa shape index (κ3) is 1.14. The van der Waals surface area contributed by atoms with Crippen LogP contribution in [0.5, 0.6) is 0 Å². The molecule has 4 aliphatic heterocycles. The summed E-state index contributed by atoms with van der Waals surface area (Å²) in [6.45, 7) is 10.1. The summed E-state index contributed by atoms with van der Waals surface area (Å²) in [7, 11) is 0. The van der Waals surface area contributed by atoms with Crippen molar-refractivity contribution in [2.24, 2.45) is 39.9 Å². The molecule has 26 heavy (non-hydrogen) atoms. The van der Waals surface area contributed by atoms with E-state index >= 15 is 0 Å². The molecule has 4 heterocycles. The maximum Gasteiger partial charge on any atom is 0.116 e. The van der Waals surface area contributed by atoms with Crippen molar-refractivity contribution in [1.82, 2.24) is 4.90 Å². The van der Waals surface area contributed by atoms with E-state index in [-0.39, 0.29) is 34.5 Å². The van der Waals surface area contributed by atoms with Crippen molar-refractivity contribution in [2.75, 3.05) is 6.54 Å². The molecule has 0 aromatic heterocycles. The van der Waals surface area contributed by atoms with E-state index in [4.69, 9.17) is 4.74 Å². The van der Waals surface area contributed by atoms with Crippen LogP contribution < -0.4 is 0 Å². The van der Waals surface area contributed by atoms with Crippen LogP contribution in [0.4, 0.5) is 0 Å². The SMILES string of the molecule is C=C1[C@H]2C[C@@]3([C@@H]1O)[C@@H](C[C@@H]2O)[C@@]12C4[C@@H]3C[C@@H]1[C@@]1(C)CC[C@H]2O[C@H]1N4CC. The summed E-state index contributed by atoms with van der Waals surface area (Å²) in [4.78, 5) is 2.69. The molecule has 4 heteroatoms. The predicted molar refractivity (Wildman–Crippen MR) is 96.0 cm³/mol. The Morgan fingerprint density at radius 2 is 2.08 bits per heavy atom. The highest BCUT2D eigenvalue weighted by Gasteiger charge is 2.88. The molecule has 0 radical (unpaired) electrons. The molecule has 9 rings (SSSR count). The van der Waals surface area contributed by atoms with Crippen LogP contribution in [-0.4, -0.2) is 52.2 Å². The average Bonchev–Trinajstić information content (AvgIpc) is 3.17. The Labute approximate surface area is 155 Å². The van der Waals surface area contributed by atoms with Gasteiger partial charge in [0.1, 0.15) is 6.23 Å². The number of ether oxygens (including phenoxy) is 1. The molecule has 2 N–H and O–H groups in total. The summed E-state index contributed by atoms with van der Waals surface area (Å²) in [6.07, 6.45) is 5.38. The number of hydrogen-bond acceptors (Lipinski definition) is 4. The van der Waals surface area contributed by atoms with Crippen molar-refractivity contribution in [2.45, 2.75) is 76.5 Å². The second-order valence-electron chi connectivity index (χ2n) is 10.9. The Morgan fingerprint density at radius 3 is 2.85 bits per heavy atom. The fourth-order valence-electron chi connectivity index (χ4n) is 10.5. The number of nitrogens with zero attached hydrogens (tertiary/aromatic N) is 1. The minimum atomic E-state index is -0.426. The van der Waals surface area contributed by atoms with Crippen LogP contribution in [0.15, 0.2) is 12.2 Å². The number of aliphatic hydroxyl groups excluding tert-OH is 2. The highest BCUT2D eigenvalue weighted by atomic mass is 16.5.